The van der Waals surface area contributed by atoms with E-state index in [1.807, 2.05) is 6.92 Å². The zero-order valence-corrected chi connectivity index (χ0v) is 11.0. The van der Waals surface area contributed by atoms with E-state index in [9.17, 15) is 9.18 Å². The highest BCUT2D eigenvalue weighted by atomic mass is 19.1. The van der Waals surface area contributed by atoms with Gasteiger partial charge in [0.05, 0.1) is 23.9 Å². The van der Waals surface area contributed by atoms with Crippen LogP contribution >= 0.6 is 0 Å². The maximum atomic E-state index is 13.8. The van der Waals surface area contributed by atoms with Crippen molar-refractivity contribution < 1.29 is 13.9 Å². The summed E-state index contributed by atoms with van der Waals surface area (Å²) in [5, 5.41) is 5.84. The van der Waals surface area contributed by atoms with Gasteiger partial charge in [-0.05, 0) is 25.0 Å². The second kappa shape index (κ2) is 6.52. The number of amides is 1. The summed E-state index contributed by atoms with van der Waals surface area (Å²) in [7, 11) is 0. The van der Waals surface area contributed by atoms with Gasteiger partial charge in [0.1, 0.15) is 5.82 Å². The van der Waals surface area contributed by atoms with E-state index in [0.717, 1.165) is 12.8 Å². The Morgan fingerprint density at radius 2 is 2.37 bits per heavy atom. The summed E-state index contributed by atoms with van der Waals surface area (Å²) in [6, 6.07) is 4.56. The van der Waals surface area contributed by atoms with E-state index in [2.05, 4.69) is 10.6 Å². The van der Waals surface area contributed by atoms with Gasteiger partial charge < -0.3 is 15.4 Å². The Morgan fingerprint density at radius 3 is 3.05 bits per heavy atom. The molecule has 1 aliphatic heterocycles. The number of para-hydroxylation sites is 1. The van der Waals surface area contributed by atoms with Crippen molar-refractivity contribution in [3.05, 3.63) is 29.6 Å². The molecule has 19 heavy (non-hydrogen) atoms. The SMILES string of the molecule is CCCNc1c(F)cccc1C(=O)NC1CCOC1. The van der Waals surface area contributed by atoms with Gasteiger partial charge in [0.25, 0.3) is 5.91 Å². The largest absolute Gasteiger partial charge is 0.382 e. The van der Waals surface area contributed by atoms with E-state index in [4.69, 9.17) is 4.74 Å². The minimum atomic E-state index is -0.399. The lowest BCUT2D eigenvalue weighted by Gasteiger charge is -2.15. The number of hydrogen-bond donors (Lipinski definition) is 2. The first-order chi connectivity index (χ1) is 9.22. The van der Waals surface area contributed by atoms with Crippen molar-refractivity contribution in [1.82, 2.24) is 5.32 Å². The van der Waals surface area contributed by atoms with Crippen LogP contribution in [0.5, 0.6) is 0 Å². The number of rotatable bonds is 5. The molecule has 1 heterocycles. The molecule has 1 fully saturated rings. The maximum absolute atomic E-state index is 13.8. The first-order valence-corrected chi connectivity index (χ1v) is 6.63. The van der Waals surface area contributed by atoms with Gasteiger partial charge in [0, 0.05) is 13.2 Å². The first-order valence-electron chi connectivity index (χ1n) is 6.63. The predicted octanol–water partition coefficient (Wildman–Crippen LogP) is 2.17. The molecule has 2 rings (SSSR count). The topological polar surface area (TPSA) is 50.4 Å². The Balaban J connectivity index is 2.12. The molecule has 0 saturated carbocycles. The van der Waals surface area contributed by atoms with E-state index in [1.165, 1.54) is 6.07 Å². The predicted molar refractivity (Wildman–Crippen MR) is 71.9 cm³/mol. The lowest BCUT2D eigenvalue weighted by Crippen LogP contribution is -2.35. The third-order valence-corrected chi connectivity index (χ3v) is 3.07. The van der Waals surface area contributed by atoms with Crippen LogP contribution in [0.1, 0.15) is 30.1 Å². The molecule has 0 aromatic heterocycles. The molecular weight excluding hydrogens is 247 g/mol. The number of nitrogens with one attached hydrogen (secondary N) is 2. The number of anilines is 1. The minimum absolute atomic E-state index is 0.0230. The Labute approximate surface area is 112 Å². The number of carbonyl (C=O) groups is 1. The van der Waals surface area contributed by atoms with E-state index >= 15 is 0 Å². The van der Waals surface area contributed by atoms with Crippen molar-refractivity contribution in [3.63, 3.8) is 0 Å². The average molecular weight is 266 g/mol. The van der Waals surface area contributed by atoms with Gasteiger partial charge >= 0.3 is 0 Å². The minimum Gasteiger partial charge on any atom is -0.382 e. The highest BCUT2D eigenvalue weighted by Gasteiger charge is 2.21. The standard InChI is InChI=1S/C14H19FN2O2/c1-2-7-16-13-11(4-3-5-12(13)15)14(18)17-10-6-8-19-9-10/h3-5,10,16H,2,6-9H2,1H3,(H,17,18). The smallest absolute Gasteiger partial charge is 0.253 e. The van der Waals surface area contributed by atoms with Gasteiger partial charge in [0.15, 0.2) is 0 Å². The van der Waals surface area contributed by atoms with Crippen LogP contribution in [0, 0.1) is 5.82 Å². The van der Waals surface area contributed by atoms with Crippen molar-refractivity contribution in [2.45, 2.75) is 25.8 Å². The summed E-state index contributed by atoms with van der Waals surface area (Å²) in [6.07, 6.45) is 1.67. The van der Waals surface area contributed by atoms with Gasteiger partial charge in [-0.1, -0.05) is 13.0 Å². The van der Waals surface area contributed by atoms with Crippen LogP contribution in [0.15, 0.2) is 18.2 Å². The third kappa shape index (κ3) is 3.44. The molecule has 1 aromatic rings. The Kier molecular flexibility index (Phi) is 4.74. The molecule has 104 valence electrons. The van der Waals surface area contributed by atoms with Crippen molar-refractivity contribution >= 4 is 11.6 Å². The van der Waals surface area contributed by atoms with Gasteiger partial charge in [-0.3, -0.25) is 4.79 Å². The summed E-state index contributed by atoms with van der Waals surface area (Å²) in [5.41, 5.74) is 0.626. The molecule has 0 spiro atoms. The number of carbonyl (C=O) groups excluding carboxylic acids is 1. The van der Waals surface area contributed by atoms with Crippen molar-refractivity contribution in [2.24, 2.45) is 0 Å². The fraction of sp³-hybridized carbons (Fsp3) is 0.500. The highest BCUT2D eigenvalue weighted by molar-refractivity contribution is 5.99. The van der Waals surface area contributed by atoms with Crippen LogP contribution in [0.3, 0.4) is 0 Å². The Bertz CT molecular complexity index is 445. The van der Waals surface area contributed by atoms with Crippen LogP contribution in [-0.4, -0.2) is 31.7 Å². The van der Waals surface area contributed by atoms with E-state index in [1.54, 1.807) is 12.1 Å². The zero-order chi connectivity index (χ0) is 13.7. The molecule has 1 unspecified atom stereocenters. The molecule has 2 N–H and O–H groups in total. The number of benzene rings is 1. The lowest BCUT2D eigenvalue weighted by atomic mass is 10.1. The van der Waals surface area contributed by atoms with Crippen molar-refractivity contribution in [3.8, 4) is 0 Å². The first kappa shape index (κ1) is 13.8. The summed E-state index contributed by atoms with van der Waals surface area (Å²) < 4.78 is 19.0. The van der Waals surface area contributed by atoms with Crippen molar-refractivity contribution in [2.75, 3.05) is 25.1 Å². The molecule has 1 amide bonds. The molecule has 0 radical (unpaired) electrons. The average Bonchev–Trinajstić information content (AvgIpc) is 2.90. The summed E-state index contributed by atoms with van der Waals surface area (Å²) >= 11 is 0. The monoisotopic (exact) mass is 266 g/mol. The molecule has 0 aliphatic carbocycles. The van der Waals surface area contributed by atoms with E-state index in [-0.39, 0.29) is 17.6 Å². The number of hydrogen-bond acceptors (Lipinski definition) is 3. The van der Waals surface area contributed by atoms with Crippen LogP contribution in [0.2, 0.25) is 0 Å². The fourth-order valence-electron chi connectivity index (χ4n) is 2.05. The van der Waals surface area contributed by atoms with Gasteiger partial charge in [-0.15, -0.1) is 0 Å². The maximum Gasteiger partial charge on any atom is 0.253 e. The third-order valence-electron chi connectivity index (χ3n) is 3.07. The number of halogens is 1. The van der Waals surface area contributed by atoms with Crippen LogP contribution in [0.4, 0.5) is 10.1 Å². The lowest BCUT2D eigenvalue weighted by molar-refractivity contribution is 0.0930. The van der Waals surface area contributed by atoms with Crippen LogP contribution in [-0.2, 0) is 4.74 Å². The van der Waals surface area contributed by atoms with Crippen molar-refractivity contribution in [1.29, 1.82) is 0 Å². The normalized spacial score (nSPS) is 18.3. The Morgan fingerprint density at radius 1 is 1.53 bits per heavy atom. The van der Waals surface area contributed by atoms with Gasteiger partial charge in [-0.2, -0.15) is 0 Å². The molecule has 1 aliphatic rings. The fourth-order valence-corrected chi connectivity index (χ4v) is 2.05. The van der Waals surface area contributed by atoms with E-state index < -0.39 is 5.82 Å². The van der Waals surface area contributed by atoms with Crippen LogP contribution in [0.25, 0.3) is 0 Å². The molecule has 1 saturated heterocycles. The highest BCUT2D eigenvalue weighted by Crippen LogP contribution is 2.20. The second-order valence-electron chi connectivity index (χ2n) is 4.62. The van der Waals surface area contributed by atoms with Gasteiger partial charge in [0.2, 0.25) is 0 Å². The summed E-state index contributed by atoms with van der Waals surface area (Å²) in [4.78, 5) is 12.2. The van der Waals surface area contributed by atoms with Gasteiger partial charge in [-0.25, -0.2) is 4.39 Å². The molecule has 4 nitrogen and oxygen atoms in total. The van der Waals surface area contributed by atoms with E-state index in [0.29, 0.717) is 25.3 Å². The molecule has 5 heteroatoms. The Hall–Kier alpha value is -1.62. The summed E-state index contributed by atoms with van der Waals surface area (Å²) in [6.45, 7) is 3.81. The summed E-state index contributed by atoms with van der Waals surface area (Å²) in [5.74, 6) is -0.655. The quantitative estimate of drug-likeness (QED) is 0.858. The molecule has 0 bridgehead atoms. The molecular formula is C14H19FN2O2. The van der Waals surface area contributed by atoms with Crippen LogP contribution < -0.4 is 10.6 Å². The zero-order valence-electron chi connectivity index (χ0n) is 11.0. The molecule has 1 aromatic carbocycles. The molecule has 1 atom stereocenters. The number of ether oxygens (including phenoxy) is 1. The second-order valence-corrected chi connectivity index (χ2v) is 4.62.